The van der Waals surface area contributed by atoms with Crippen LogP contribution in [-0.4, -0.2) is 88.4 Å². The number of hydrogen-bond acceptors (Lipinski definition) is 7. The van der Waals surface area contributed by atoms with Gasteiger partial charge in [-0.1, -0.05) is 74.1 Å². The highest BCUT2D eigenvalue weighted by molar-refractivity contribution is 6.38. The molecule has 0 spiro atoms. The minimum absolute atomic E-state index is 0.00594. The molecule has 5 N–H and O–H groups in total. The van der Waals surface area contributed by atoms with Crippen molar-refractivity contribution < 1.29 is 33.6 Å². The van der Waals surface area contributed by atoms with Crippen LogP contribution in [0.2, 0.25) is 0 Å². The average Bonchev–Trinajstić information content (AvgIpc) is 3.63. The number of amides is 6. The second kappa shape index (κ2) is 16.4. The summed E-state index contributed by atoms with van der Waals surface area (Å²) in [5.41, 5.74) is -1.46. The molecule has 0 aromatic rings. The monoisotopic (exact) mass is 714 g/mol. The fourth-order valence-electron chi connectivity index (χ4n) is 7.75. The van der Waals surface area contributed by atoms with Gasteiger partial charge in [-0.05, 0) is 75.5 Å². The molecule has 7 atom stereocenters. The number of fused-ring (bicyclic) bond motifs is 2. The lowest BCUT2D eigenvalue weighted by Crippen LogP contribution is -2.64. The molecule has 4 fully saturated rings. The lowest BCUT2D eigenvalue weighted by molar-refractivity contribution is -0.149. The van der Waals surface area contributed by atoms with E-state index in [0.717, 1.165) is 57.8 Å². The van der Waals surface area contributed by atoms with Gasteiger partial charge >= 0.3 is 0 Å². The smallest absolute Gasteiger partial charge is 0.289 e. The van der Waals surface area contributed by atoms with E-state index in [1.807, 2.05) is 27.7 Å². The topological polar surface area (TPSA) is 183 Å². The van der Waals surface area contributed by atoms with Gasteiger partial charge in [0.25, 0.3) is 5.91 Å². The van der Waals surface area contributed by atoms with Crippen molar-refractivity contribution in [3.8, 4) is 0 Å². The minimum atomic E-state index is -1.02. The maximum atomic E-state index is 14.6. The van der Waals surface area contributed by atoms with Crippen molar-refractivity contribution in [1.29, 1.82) is 0 Å². The zero-order valence-electron chi connectivity index (χ0n) is 32.0. The standard InChI is InChI=1S/C38H62N6O7/c1-9-13-26(29(45)34(49)40-24-17-18-24)41-33(48)28-23-16-19-25(20-23)44(28)35(50)30(37(3,4)5)43-32(47)27(22-14-11-10-12-15-22)42-31(46)21(2)39-36(51)38(6,7)8/h21-28,30H,9-20H2,1-8H3,(H,39,51)(H,40,49)(H,41,48)(H,42,46)(H,43,47). The predicted octanol–water partition coefficient (Wildman–Crippen LogP) is 2.65. The largest absolute Gasteiger partial charge is 0.347 e. The van der Waals surface area contributed by atoms with Gasteiger partial charge in [0.2, 0.25) is 35.3 Å². The van der Waals surface area contributed by atoms with Crippen LogP contribution in [0.5, 0.6) is 0 Å². The number of carbonyl (C=O) groups is 7. The number of Topliss-reactive ketones (excluding diaryl/α,β-unsaturated/α-hetero) is 1. The van der Waals surface area contributed by atoms with Crippen molar-refractivity contribution in [2.45, 2.75) is 175 Å². The van der Waals surface area contributed by atoms with Crippen molar-refractivity contribution in [3.63, 3.8) is 0 Å². The Hall–Kier alpha value is -3.51. The fourth-order valence-corrected chi connectivity index (χ4v) is 7.75. The number of hydrogen-bond donors (Lipinski definition) is 5. The van der Waals surface area contributed by atoms with Gasteiger partial charge in [-0.15, -0.1) is 0 Å². The zero-order chi connectivity index (χ0) is 37.8. The molecule has 13 heteroatoms. The Morgan fingerprint density at radius 1 is 0.765 bits per heavy atom. The maximum Gasteiger partial charge on any atom is 0.289 e. The number of piperidine rings is 1. The molecule has 4 rings (SSSR count). The lowest BCUT2D eigenvalue weighted by Gasteiger charge is -2.41. The molecule has 0 aromatic heterocycles. The summed E-state index contributed by atoms with van der Waals surface area (Å²) in [5.74, 6) is -3.70. The molecular formula is C38H62N6O7. The number of nitrogens with one attached hydrogen (secondary N) is 5. The van der Waals surface area contributed by atoms with Gasteiger partial charge in [-0.25, -0.2) is 0 Å². The van der Waals surface area contributed by atoms with Gasteiger partial charge < -0.3 is 31.5 Å². The zero-order valence-corrected chi connectivity index (χ0v) is 32.0. The van der Waals surface area contributed by atoms with E-state index in [-0.39, 0.29) is 35.7 Å². The Labute approximate surface area is 303 Å². The Balaban J connectivity index is 1.53. The number of rotatable bonds is 14. The van der Waals surface area contributed by atoms with Crippen molar-refractivity contribution in [3.05, 3.63) is 0 Å². The minimum Gasteiger partial charge on any atom is -0.347 e. The van der Waals surface area contributed by atoms with E-state index >= 15 is 0 Å². The first-order valence-electron chi connectivity index (χ1n) is 19.2. The van der Waals surface area contributed by atoms with E-state index in [0.29, 0.717) is 19.3 Å². The molecular weight excluding hydrogens is 652 g/mol. The van der Waals surface area contributed by atoms with Gasteiger partial charge in [-0.3, -0.25) is 33.6 Å². The molecule has 13 nitrogen and oxygen atoms in total. The molecule has 2 bridgehead atoms. The number of ketones is 1. The first-order chi connectivity index (χ1) is 23.8. The van der Waals surface area contributed by atoms with E-state index < -0.39 is 70.5 Å². The van der Waals surface area contributed by atoms with Crippen LogP contribution in [0.4, 0.5) is 0 Å². The van der Waals surface area contributed by atoms with Crippen LogP contribution in [0.15, 0.2) is 0 Å². The third kappa shape index (κ3) is 10.1. The van der Waals surface area contributed by atoms with Crippen LogP contribution in [0, 0.1) is 22.7 Å². The summed E-state index contributed by atoms with van der Waals surface area (Å²) >= 11 is 0. The molecule has 1 heterocycles. The Kier molecular flexibility index (Phi) is 13.0. The van der Waals surface area contributed by atoms with E-state index in [1.165, 1.54) is 0 Å². The molecule has 0 radical (unpaired) electrons. The van der Waals surface area contributed by atoms with Crippen molar-refractivity contribution in [2.24, 2.45) is 22.7 Å². The predicted molar refractivity (Wildman–Crippen MR) is 192 cm³/mol. The molecule has 0 aromatic carbocycles. The van der Waals surface area contributed by atoms with Crippen molar-refractivity contribution in [2.75, 3.05) is 0 Å². The lowest BCUT2D eigenvalue weighted by atomic mass is 9.81. The van der Waals surface area contributed by atoms with Crippen molar-refractivity contribution in [1.82, 2.24) is 31.5 Å². The summed E-state index contributed by atoms with van der Waals surface area (Å²) in [4.78, 5) is 96.1. The highest BCUT2D eigenvalue weighted by Crippen LogP contribution is 2.44. The summed E-state index contributed by atoms with van der Waals surface area (Å²) in [7, 11) is 0. The third-order valence-electron chi connectivity index (χ3n) is 11.0. The van der Waals surface area contributed by atoms with Crippen molar-refractivity contribution >= 4 is 41.2 Å². The molecule has 1 saturated heterocycles. The maximum absolute atomic E-state index is 14.6. The quantitative estimate of drug-likeness (QED) is 0.171. The normalized spacial score (nSPS) is 24.5. The van der Waals surface area contributed by atoms with Gasteiger partial charge in [0.1, 0.15) is 24.2 Å². The van der Waals surface area contributed by atoms with Crippen LogP contribution in [0.25, 0.3) is 0 Å². The number of nitrogens with zero attached hydrogens (tertiary/aromatic N) is 1. The molecule has 6 amide bonds. The summed E-state index contributed by atoms with van der Waals surface area (Å²) in [6, 6.07) is -4.83. The molecule has 4 aliphatic rings. The highest BCUT2D eigenvalue weighted by Gasteiger charge is 2.54. The average molecular weight is 715 g/mol. The van der Waals surface area contributed by atoms with E-state index in [4.69, 9.17) is 0 Å². The summed E-state index contributed by atoms with van der Waals surface area (Å²) in [6.45, 7) is 14.3. The van der Waals surface area contributed by atoms with E-state index in [2.05, 4.69) is 26.6 Å². The van der Waals surface area contributed by atoms with Crippen LogP contribution >= 0.6 is 0 Å². The molecule has 3 saturated carbocycles. The highest BCUT2D eigenvalue weighted by atomic mass is 16.2. The number of likely N-dealkylation sites (tertiary alicyclic amines) is 1. The Bertz CT molecular complexity index is 1340. The molecule has 7 unspecified atom stereocenters. The molecule has 51 heavy (non-hydrogen) atoms. The van der Waals surface area contributed by atoms with Gasteiger partial charge in [-0.2, -0.15) is 0 Å². The first kappa shape index (κ1) is 40.3. The van der Waals surface area contributed by atoms with E-state index in [1.54, 1.807) is 32.6 Å². The second-order valence-electron chi connectivity index (χ2n) is 17.5. The second-order valence-corrected chi connectivity index (χ2v) is 17.5. The van der Waals surface area contributed by atoms with Crippen LogP contribution in [-0.2, 0) is 33.6 Å². The molecule has 1 aliphatic heterocycles. The number of carbonyl (C=O) groups excluding carboxylic acids is 7. The Morgan fingerprint density at radius 3 is 1.98 bits per heavy atom. The van der Waals surface area contributed by atoms with Gasteiger partial charge in [0.15, 0.2) is 0 Å². The Morgan fingerprint density at radius 2 is 1.41 bits per heavy atom. The van der Waals surface area contributed by atoms with Gasteiger partial charge in [0.05, 0.1) is 6.04 Å². The fraction of sp³-hybridized carbons (Fsp3) is 0.816. The van der Waals surface area contributed by atoms with Gasteiger partial charge in [0, 0.05) is 17.5 Å². The summed E-state index contributed by atoms with van der Waals surface area (Å²) in [5, 5.41) is 14.2. The summed E-state index contributed by atoms with van der Waals surface area (Å²) in [6.07, 6.45) is 9.01. The molecule has 3 aliphatic carbocycles. The van der Waals surface area contributed by atoms with Crippen LogP contribution in [0.3, 0.4) is 0 Å². The SMILES string of the molecule is CCCC(NC(=O)C1C2CCC(C2)N1C(=O)C(NC(=O)C(NC(=O)C(C)NC(=O)C(C)(C)C)C1CCCCC1)C(C)(C)C)C(=O)C(=O)NC1CC1. The van der Waals surface area contributed by atoms with E-state index in [9.17, 15) is 33.6 Å². The van der Waals surface area contributed by atoms with Crippen LogP contribution in [0.1, 0.15) is 132 Å². The third-order valence-corrected chi connectivity index (χ3v) is 11.0. The van der Waals surface area contributed by atoms with Crippen LogP contribution < -0.4 is 26.6 Å². The first-order valence-corrected chi connectivity index (χ1v) is 19.2. The summed E-state index contributed by atoms with van der Waals surface area (Å²) < 4.78 is 0. The molecule has 286 valence electrons.